The molecule has 0 radical (unpaired) electrons. The third-order valence-corrected chi connectivity index (χ3v) is 1.91. The van der Waals surface area contributed by atoms with Crippen molar-refractivity contribution in [3.05, 3.63) is 31.0 Å². The number of imidazole rings is 1. The molecule has 2 aromatic rings. The summed E-state index contributed by atoms with van der Waals surface area (Å²) in [6.45, 7) is 1.61. The molecule has 0 unspecified atom stereocenters. The zero-order valence-electron chi connectivity index (χ0n) is 8.17. The Kier molecular flexibility index (Phi) is 2.77. The standard InChI is InChI=1S/C9H12N6/c10-9-13-2-1-8(14-9)12-4-6-15-5-3-11-7-15/h1-3,5,7H,4,6H2,(H3,10,12,13,14). The first-order valence-corrected chi connectivity index (χ1v) is 4.63. The fourth-order valence-electron chi connectivity index (χ4n) is 1.20. The highest BCUT2D eigenvalue weighted by Gasteiger charge is 1.94. The Morgan fingerprint density at radius 3 is 3.07 bits per heavy atom. The van der Waals surface area contributed by atoms with Crippen molar-refractivity contribution in [1.29, 1.82) is 0 Å². The fourth-order valence-corrected chi connectivity index (χ4v) is 1.20. The lowest BCUT2D eigenvalue weighted by atomic mass is 10.5. The lowest BCUT2D eigenvalue weighted by Crippen LogP contribution is -2.10. The molecule has 78 valence electrons. The van der Waals surface area contributed by atoms with E-state index in [9.17, 15) is 0 Å². The smallest absolute Gasteiger partial charge is 0.221 e. The number of nitrogens with zero attached hydrogens (tertiary/aromatic N) is 4. The van der Waals surface area contributed by atoms with E-state index in [0.29, 0.717) is 0 Å². The van der Waals surface area contributed by atoms with Crippen LogP contribution in [-0.2, 0) is 6.54 Å². The summed E-state index contributed by atoms with van der Waals surface area (Å²) in [5, 5.41) is 3.14. The van der Waals surface area contributed by atoms with E-state index in [2.05, 4.69) is 20.3 Å². The highest BCUT2D eigenvalue weighted by Crippen LogP contribution is 2.01. The van der Waals surface area contributed by atoms with Gasteiger partial charge in [0.2, 0.25) is 5.95 Å². The molecule has 0 aliphatic heterocycles. The SMILES string of the molecule is Nc1nccc(NCCn2ccnc2)n1. The molecule has 0 amide bonds. The summed E-state index contributed by atoms with van der Waals surface area (Å²) in [7, 11) is 0. The van der Waals surface area contributed by atoms with E-state index in [1.54, 1.807) is 24.8 Å². The molecular formula is C9H12N6. The monoisotopic (exact) mass is 204 g/mol. The Balaban J connectivity index is 1.83. The maximum Gasteiger partial charge on any atom is 0.221 e. The maximum absolute atomic E-state index is 5.45. The van der Waals surface area contributed by atoms with E-state index in [4.69, 9.17) is 5.73 Å². The molecule has 0 fully saturated rings. The van der Waals surface area contributed by atoms with Crippen LogP contribution >= 0.6 is 0 Å². The number of aromatic nitrogens is 4. The van der Waals surface area contributed by atoms with Crippen molar-refractivity contribution in [2.75, 3.05) is 17.6 Å². The molecule has 6 heteroatoms. The largest absolute Gasteiger partial charge is 0.368 e. The molecule has 2 heterocycles. The van der Waals surface area contributed by atoms with Crippen LogP contribution in [0.2, 0.25) is 0 Å². The van der Waals surface area contributed by atoms with Crippen LogP contribution in [0, 0.1) is 0 Å². The van der Waals surface area contributed by atoms with Gasteiger partial charge in [-0.2, -0.15) is 4.98 Å². The third kappa shape index (κ3) is 2.67. The lowest BCUT2D eigenvalue weighted by molar-refractivity contribution is 0.725. The molecule has 6 nitrogen and oxygen atoms in total. The summed E-state index contributed by atoms with van der Waals surface area (Å²) in [5.74, 6) is 1.02. The van der Waals surface area contributed by atoms with Gasteiger partial charge in [-0.15, -0.1) is 0 Å². The zero-order valence-corrected chi connectivity index (χ0v) is 8.17. The van der Waals surface area contributed by atoms with E-state index in [0.717, 1.165) is 18.9 Å². The van der Waals surface area contributed by atoms with Gasteiger partial charge in [-0.05, 0) is 6.07 Å². The average Bonchev–Trinajstić information content (AvgIpc) is 2.71. The van der Waals surface area contributed by atoms with Crippen molar-refractivity contribution in [3.63, 3.8) is 0 Å². The molecule has 0 bridgehead atoms. The highest BCUT2D eigenvalue weighted by molar-refractivity contribution is 5.36. The minimum Gasteiger partial charge on any atom is -0.368 e. The summed E-state index contributed by atoms with van der Waals surface area (Å²) in [6, 6.07) is 1.78. The molecular weight excluding hydrogens is 192 g/mol. The second kappa shape index (κ2) is 4.41. The first-order chi connectivity index (χ1) is 7.34. The van der Waals surface area contributed by atoms with E-state index in [1.165, 1.54) is 0 Å². The zero-order chi connectivity index (χ0) is 10.5. The van der Waals surface area contributed by atoms with Gasteiger partial charge in [-0.1, -0.05) is 0 Å². The van der Waals surface area contributed by atoms with Gasteiger partial charge >= 0.3 is 0 Å². The fraction of sp³-hybridized carbons (Fsp3) is 0.222. The van der Waals surface area contributed by atoms with Crippen LogP contribution < -0.4 is 11.1 Å². The quantitative estimate of drug-likeness (QED) is 0.751. The van der Waals surface area contributed by atoms with Gasteiger partial charge in [0.15, 0.2) is 0 Å². The van der Waals surface area contributed by atoms with Gasteiger partial charge in [0, 0.05) is 31.7 Å². The number of nitrogens with one attached hydrogen (secondary N) is 1. The van der Waals surface area contributed by atoms with Crippen molar-refractivity contribution < 1.29 is 0 Å². The number of hydrogen-bond acceptors (Lipinski definition) is 5. The van der Waals surface area contributed by atoms with Gasteiger partial charge in [-0.25, -0.2) is 9.97 Å². The molecule has 0 aliphatic carbocycles. The van der Waals surface area contributed by atoms with E-state index < -0.39 is 0 Å². The van der Waals surface area contributed by atoms with E-state index in [1.807, 2.05) is 10.8 Å². The molecule has 15 heavy (non-hydrogen) atoms. The van der Waals surface area contributed by atoms with Gasteiger partial charge in [0.1, 0.15) is 5.82 Å². The lowest BCUT2D eigenvalue weighted by Gasteiger charge is -2.05. The number of rotatable bonds is 4. The second-order valence-electron chi connectivity index (χ2n) is 3.03. The van der Waals surface area contributed by atoms with Crippen LogP contribution in [0.3, 0.4) is 0 Å². The Hall–Kier alpha value is -2.11. The second-order valence-corrected chi connectivity index (χ2v) is 3.03. The molecule has 3 N–H and O–H groups in total. The molecule has 2 rings (SSSR count). The van der Waals surface area contributed by atoms with Gasteiger partial charge in [0.25, 0.3) is 0 Å². The minimum absolute atomic E-state index is 0.280. The van der Waals surface area contributed by atoms with Crippen molar-refractivity contribution >= 4 is 11.8 Å². The van der Waals surface area contributed by atoms with Crippen LogP contribution in [0.4, 0.5) is 11.8 Å². The molecule has 0 saturated heterocycles. The molecule has 0 aromatic carbocycles. The summed E-state index contributed by atoms with van der Waals surface area (Å²) < 4.78 is 1.98. The first kappa shape index (κ1) is 9.45. The molecule has 2 aromatic heterocycles. The van der Waals surface area contributed by atoms with E-state index >= 15 is 0 Å². The Morgan fingerprint density at radius 1 is 1.40 bits per heavy atom. The molecule has 0 saturated carbocycles. The predicted molar refractivity (Wildman–Crippen MR) is 57.2 cm³/mol. The highest BCUT2D eigenvalue weighted by atomic mass is 15.1. The number of nitrogens with two attached hydrogens (primary N) is 1. The summed E-state index contributed by atoms with van der Waals surface area (Å²) in [5.41, 5.74) is 5.45. The van der Waals surface area contributed by atoms with Crippen LogP contribution in [0.5, 0.6) is 0 Å². The summed E-state index contributed by atoms with van der Waals surface area (Å²) in [4.78, 5) is 11.8. The Morgan fingerprint density at radius 2 is 2.33 bits per heavy atom. The van der Waals surface area contributed by atoms with Gasteiger partial charge in [0.05, 0.1) is 6.33 Å². The van der Waals surface area contributed by atoms with Crippen LogP contribution in [-0.4, -0.2) is 26.1 Å². The van der Waals surface area contributed by atoms with Crippen LogP contribution in [0.1, 0.15) is 0 Å². The first-order valence-electron chi connectivity index (χ1n) is 4.63. The summed E-state index contributed by atoms with van der Waals surface area (Å²) in [6.07, 6.45) is 7.07. The molecule has 0 aliphatic rings. The van der Waals surface area contributed by atoms with Crippen LogP contribution in [0.15, 0.2) is 31.0 Å². The maximum atomic E-state index is 5.45. The van der Waals surface area contributed by atoms with E-state index in [-0.39, 0.29) is 5.95 Å². The number of nitrogen functional groups attached to an aromatic ring is 1. The minimum atomic E-state index is 0.280. The third-order valence-electron chi connectivity index (χ3n) is 1.91. The molecule has 0 spiro atoms. The average molecular weight is 204 g/mol. The van der Waals surface area contributed by atoms with Crippen molar-refractivity contribution in [2.45, 2.75) is 6.54 Å². The van der Waals surface area contributed by atoms with Crippen molar-refractivity contribution in [2.24, 2.45) is 0 Å². The van der Waals surface area contributed by atoms with Crippen LogP contribution in [0.25, 0.3) is 0 Å². The topological polar surface area (TPSA) is 81.6 Å². The Labute approximate surface area is 87.2 Å². The van der Waals surface area contributed by atoms with Gasteiger partial charge < -0.3 is 15.6 Å². The summed E-state index contributed by atoms with van der Waals surface area (Å²) >= 11 is 0. The predicted octanol–water partition coefficient (Wildman–Crippen LogP) is 0.367. The van der Waals surface area contributed by atoms with Crippen molar-refractivity contribution in [3.8, 4) is 0 Å². The van der Waals surface area contributed by atoms with Crippen molar-refractivity contribution in [1.82, 2.24) is 19.5 Å². The molecule has 0 atom stereocenters. The number of anilines is 2. The normalized spacial score (nSPS) is 10.1. The van der Waals surface area contributed by atoms with Gasteiger partial charge in [-0.3, -0.25) is 0 Å². The Bertz CT molecular complexity index is 410. The number of hydrogen-bond donors (Lipinski definition) is 2.